The van der Waals surface area contributed by atoms with Crippen molar-refractivity contribution in [3.63, 3.8) is 0 Å². The van der Waals surface area contributed by atoms with Crippen molar-refractivity contribution in [1.82, 2.24) is 4.98 Å². The molecule has 1 aromatic heterocycles. The highest BCUT2D eigenvalue weighted by atomic mass is 35.5. The second-order valence-corrected chi connectivity index (χ2v) is 7.41. The third kappa shape index (κ3) is 2.58. The van der Waals surface area contributed by atoms with Crippen LogP contribution in [0.5, 0.6) is 0 Å². The molecule has 0 unspecified atom stereocenters. The van der Waals surface area contributed by atoms with Crippen molar-refractivity contribution in [3.8, 4) is 0 Å². The van der Waals surface area contributed by atoms with Crippen LogP contribution in [0.3, 0.4) is 0 Å². The molecule has 2 rings (SSSR count). The number of hydrogen-bond donors (Lipinski definition) is 2. The van der Waals surface area contributed by atoms with Crippen molar-refractivity contribution in [2.75, 3.05) is 17.2 Å². The van der Waals surface area contributed by atoms with Gasteiger partial charge in [-0.2, -0.15) is 0 Å². The molecule has 1 heterocycles. The minimum atomic E-state index is 0.231. The molecule has 2 N–H and O–H groups in total. The van der Waals surface area contributed by atoms with Crippen LogP contribution in [0, 0.1) is 10.8 Å². The average molecular weight is 316 g/mol. The zero-order chi connectivity index (χ0) is 15.1. The molecule has 0 aromatic carbocycles. The van der Waals surface area contributed by atoms with Gasteiger partial charge in [0.25, 0.3) is 0 Å². The summed E-state index contributed by atoms with van der Waals surface area (Å²) < 4.78 is 0. The summed E-state index contributed by atoms with van der Waals surface area (Å²) in [5, 5.41) is 7.81. The lowest BCUT2D eigenvalue weighted by Crippen LogP contribution is -2.13. The van der Waals surface area contributed by atoms with E-state index in [0.29, 0.717) is 27.7 Å². The van der Waals surface area contributed by atoms with Gasteiger partial charge in [-0.05, 0) is 23.3 Å². The maximum absolute atomic E-state index is 6.26. The zero-order valence-corrected chi connectivity index (χ0v) is 14.3. The average Bonchev–Trinajstić information content (AvgIpc) is 2.73. The van der Waals surface area contributed by atoms with Crippen LogP contribution in [0.4, 0.5) is 11.6 Å². The van der Waals surface area contributed by atoms with Gasteiger partial charge in [0.1, 0.15) is 11.6 Å². The summed E-state index contributed by atoms with van der Waals surface area (Å²) in [6.07, 6.45) is 1.02. The number of halogens is 2. The number of aromatic nitrogens is 1. The summed E-state index contributed by atoms with van der Waals surface area (Å²) in [6.45, 7) is 12.0. The molecular formula is C15H23Cl2N3. The second-order valence-electron chi connectivity index (χ2n) is 6.60. The Hall–Kier alpha value is -0.670. The van der Waals surface area contributed by atoms with E-state index in [9.17, 15) is 0 Å². The predicted molar refractivity (Wildman–Crippen MR) is 88.0 cm³/mol. The maximum atomic E-state index is 6.26. The van der Waals surface area contributed by atoms with Crippen molar-refractivity contribution in [3.05, 3.63) is 16.1 Å². The van der Waals surface area contributed by atoms with E-state index in [1.165, 1.54) is 0 Å². The van der Waals surface area contributed by atoms with Crippen LogP contribution in [0.15, 0.2) is 6.07 Å². The van der Waals surface area contributed by atoms with Gasteiger partial charge in [0.15, 0.2) is 0 Å². The Balaban J connectivity index is 2.20. The Morgan fingerprint density at radius 1 is 1.10 bits per heavy atom. The highest BCUT2D eigenvalue weighted by Gasteiger charge is 2.65. The molecule has 0 radical (unpaired) electrons. The normalized spacial score (nSPS) is 19.8. The van der Waals surface area contributed by atoms with E-state index in [4.69, 9.17) is 23.2 Å². The number of nitrogens with one attached hydrogen (secondary N) is 2. The lowest BCUT2D eigenvalue weighted by molar-refractivity contribution is 0.457. The van der Waals surface area contributed by atoms with E-state index >= 15 is 0 Å². The minimum absolute atomic E-state index is 0.231. The summed E-state index contributed by atoms with van der Waals surface area (Å²) in [6, 6.07) is 2.11. The second kappa shape index (κ2) is 5.27. The third-order valence-electron chi connectivity index (χ3n) is 4.77. The molecule has 0 aliphatic heterocycles. The van der Waals surface area contributed by atoms with Crippen molar-refractivity contribution in [2.45, 2.75) is 47.1 Å². The van der Waals surface area contributed by atoms with Gasteiger partial charge in [-0.25, -0.2) is 4.98 Å². The van der Waals surface area contributed by atoms with Crippen molar-refractivity contribution >= 4 is 34.8 Å². The number of pyridine rings is 1. The highest BCUT2D eigenvalue weighted by molar-refractivity contribution is 6.37. The SMILES string of the molecule is CCCNc1nc(NC2C(C)(C)C2(C)C)c(Cl)cc1Cl. The molecule has 3 nitrogen and oxygen atoms in total. The number of nitrogens with zero attached hydrogens (tertiary/aromatic N) is 1. The van der Waals surface area contributed by atoms with Gasteiger partial charge in [0, 0.05) is 12.6 Å². The number of anilines is 2. The maximum Gasteiger partial charge on any atom is 0.147 e. The minimum Gasteiger partial charge on any atom is -0.369 e. The number of rotatable bonds is 5. The van der Waals surface area contributed by atoms with E-state index in [1.54, 1.807) is 6.07 Å². The summed E-state index contributed by atoms with van der Waals surface area (Å²) in [5.41, 5.74) is 0.462. The number of hydrogen-bond acceptors (Lipinski definition) is 3. The van der Waals surface area contributed by atoms with Gasteiger partial charge in [-0.3, -0.25) is 0 Å². The van der Waals surface area contributed by atoms with Crippen molar-refractivity contribution in [1.29, 1.82) is 0 Å². The fraction of sp³-hybridized carbons (Fsp3) is 0.667. The molecule has 0 amide bonds. The first-order valence-electron chi connectivity index (χ1n) is 7.08. The Bertz CT molecular complexity index is 498. The van der Waals surface area contributed by atoms with Gasteiger partial charge in [0.2, 0.25) is 0 Å². The molecule has 112 valence electrons. The Kier molecular flexibility index (Phi) is 4.14. The van der Waals surface area contributed by atoms with Crippen LogP contribution in [-0.2, 0) is 0 Å². The zero-order valence-electron chi connectivity index (χ0n) is 12.8. The highest BCUT2D eigenvalue weighted by Crippen LogP contribution is 2.63. The van der Waals surface area contributed by atoms with E-state index in [1.807, 2.05) is 0 Å². The van der Waals surface area contributed by atoms with E-state index in [0.717, 1.165) is 13.0 Å². The third-order valence-corrected chi connectivity index (χ3v) is 5.35. The molecule has 20 heavy (non-hydrogen) atoms. The van der Waals surface area contributed by atoms with E-state index in [-0.39, 0.29) is 10.8 Å². The molecule has 1 aliphatic rings. The Labute approximate surface area is 131 Å². The molecular weight excluding hydrogens is 293 g/mol. The van der Waals surface area contributed by atoms with E-state index < -0.39 is 0 Å². The predicted octanol–water partition coefficient (Wildman–Crippen LogP) is 5.06. The van der Waals surface area contributed by atoms with Gasteiger partial charge < -0.3 is 10.6 Å². The Morgan fingerprint density at radius 2 is 1.65 bits per heavy atom. The lowest BCUT2D eigenvalue weighted by Gasteiger charge is -2.13. The topological polar surface area (TPSA) is 37.0 Å². The van der Waals surface area contributed by atoms with Gasteiger partial charge in [0.05, 0.1) is 10.0 Å². The standard InChI is InChI=1S/C15H23Cl2N3/c1-6-7-18-11-9(16)8-10(17)12(19-11)20-13-14(2,3)15(13,4)5/h8,13H,6-7H2,1-5H3,(H2,18,19,20). The van der Waals surface area contributed by atoms with Crippen LogP contribution >= 0.6 is 23.2 Å². The molecule has 0 atom stereocenters. The van der Waals surface area contributed by atoms with Crippen LogP contribution in [-0.4, -0.2) is 17.6 Å². The molecule has 1 saturated carbocycles. The quantitative estimate of drug-likeness (QED) is 0.797. The summed E-state index contributed by atoms with van der Waals surface area (Å²) >= 11 is 12.4. The largest absolute Gasteiger partial charge is 0.369 e. The van der Waals surface area contributed by atoms with Crippen LogP contribution < -0.4 is 10.6 Å². The Morgan fingerprint density at radius 3 is 2.15 bits per heavy atom. The first kappa shape index (κ1) is 15.7. The first-order chi connectivity index (χ1) is 9.21. The van der Waals surface area contributed by atoms with Gasteiger partial charge in [-0.15, -0.1) is 0 Å². The van der Waals surface area contributed by atoms with Crippen LogP contribution in [0.2, 0.25) is 10.0 Å². The van der Waals surface area contributed by atoms with Gasteiger partial charge in [-0.1, -0.05) is 57.8 Å². The van der Waals surface area contributed by atoms with E-state index in [2.05, 4.69) is 50.2 Å². The smallest absolute Gasteiger partial charge is 0.147 e. The molecule has 0 spiro atoms. The summed E-state index contributed by atoms with van der Waals surface area (Å²) in [5.74, 6) is 1.40. The fourth-order valence-corrected chi connectivity index (χ4v) is 3.11. The summed E-state index contributed by atoms with van der Waals surface area (Å²) in [7, 11) is 0. The molecule has 0 saturated heterocycles. The van der Waals surface area contributed by atoms with Crippen LogP contribution in [0.1, 0.15) is 41.0 Å². The molecule has 0 bridgehead atoms. The van der Waals surface area contributed by atoms with Crippen molar-refractivity contribution < 1.29 is 0 Å². The van der Waals surface area contributed by atoms with Crippen molar-refractivity contribution in [2.24, 2.45) is 10.8 Å². The molecule has 1 fully saturated rings. The lowest BCUT2D eigenvalue weighted by atomic mass is 10.0. The monoisotopic (exact) mass is 315 g/mol. The fourth-order valence-electron chi connectivity index (χ4n) is 2.63. The van der Waals surface area contributed by atoms with Crippen LogP contribution in [0.25, 0.3) is 0 Å². The first-order valence-corrected chi connectivity index (χ1v) is 7.84. The molecule has 1 aliphatic carbocycles. The molecule has 5 heteroatoms. The summed E-state index contributed by atoms with van der Waals surface area (Å²) in [4.78, 5) is 4.53. The molecule has 1 aromatic rings. The van der Waals surface area contributed by atoms with Gasteiger partial charge >= 0.3 is 0 Å².